The third-order valence-corrected chi connectivity index (χ3v) is 2.62. The molecule has 19 heavy (non-hydrogen) atoms. The second-order valence-corrected chi connectivity index (χ2v) is 3.90. The van der Waals surface area contributed by atoms with Crippen LogP contribution in [0.2, 0.25) is 0 Å². The number of nitrogens with one attached hydrogen (secondary N) is 1. The Bertz CT molecular complexity index is 603. The highest BCUT2D eigenvalue weighted by Gasteiger charge is 2.15. The van der Waals surface area contributed by atoms with Crippen LogP contribution in [0.25, 0.3) is 0 Å². The van der Waals surface area contributed by atoms with Crippen LogP contribution in [0.3, 0.4) is 0 Å². The van der Waals surface area contributed by atoms with Gasteiger partial charge in [0.05, 0.1) is 0 Å². The number of pyridine rings is 1. The molecule has 5 nitrogen and oxygen atoms in total. The largest absolute Gasteiger partial charge is 0.310 e. The van der Waals surface area contributed by atoms with Crippen LogP contribution in [0.15, 0.2) is 42.5 Å². The number of aromatic nitrogens is 1. The van der Waals surface area contributed by atoms with Crippen molar-refractivity contribution in [1.82, 2.24) is 4.98 Å². The van der Waals surface area contributed by atoms with Gasteiger partial charge in [-0.25, -0.2) is 15.2 Å². The highest BCUT2D eigenvalue weighted by molar-refractivity contribution is 6.04. The molecule has 0 aliphatic rings. The number of anilines is 2. The second-order valence-electron chi connectivity index (χ2n) is 3.90. The monoisotopic (exact) mass is 260 g/mol. The van der Waals surface area contributed by atoms with Gasteiger partial charge in [0.2, 0.25) is 0 Å². The molecule has 1 heterocycles. The number of carbonyl (C=O) groups excluding carboxylic acids is 1. The Balaban J connectivity index is 2.28. The highest BCUT2D eigenvalue weighted by Crippen LogP contribution is 2.16. The summed E-state index contributed by atoms with van der Waals surface area (Å²) in [6.07, 6.45) is 0. The van der Waals surface area contributed by atoms with Gasteiger partial charge in [-0.2, -0.15) is 0 Å². The van der Waals surface area contributed by atoms with Crippen molar-refractivity contribution in [3.8, 4) is 0 Å². The number of benzene rings is 1. The molecule has 1 aromatic carbocycles. The van der Waals surface area contributed by atoms with E-state index in [0.29, 0.717) is 11.5 Å². The van der Waals surface area contributed by atoms with E-state index in [9.17, 15) is 9.18 Å². The molecule has 0 fully saturated rings. The van der Waals surface area contributed by atoms with Crippen molar-refractivity contribution < 1.29 is 9.18 Å². The minimum atomic E-state index is -0.400. The third kappa shape index (κ3) is 2.86. The van der Waals surface area contributed by atoms with E-state index in [0.717, 1.165) is 0 Å². The van der Waals surface area contributed by atoms with E-state index in [4.69, 9.17) is 5.84 Å². The lowest BCUT2D eigenvalue weighted by Crippen LogP contribution is -2.27. The molecule has 1 amide bonds. The molecule has 0 bridgehead atoms. The Morgan fingerprint density at radius 2 is 2.05 bits per heavy atom. The molecule has 0 radical (unpaired) electrons. The molecule has 2 rings (SSSR count). The normalized spacial score (nSPS) is 10.1. The Kier molecular flexibility index (Phi) is 3.72. The molecule has 0 aliphatic heterocycles. The van der Waals surface area contributed by atoms with E-state index in [1.54, 1.807) is 37.4 Å². The van der Waals surface area contributed by atoms with E-state index in [-0.39, 0.29) is 11.6 Å². The van der Waals surface area contributed by atoms with Crippen LogP contribution in [-0.4, -0.2) is 17.9 Å². The maximum absolute atomic E-state index is 13.1. The molecule has 0 unspecified atom stereocenters. The van der Waals surface area contributed by atoms with Crippen LogP contribution in [0, 0.1) is 5.82 Å². The summed E-state index contributed by atoms with van der Waals surface area (Å²) >= 11 is 0. The molecule has 6 heteroatoms. The predicted molar refractivity (Wildman–Crippen MR) is 71.2 cm³/mol. The van der Waals surface area contributed by atoms with Gasteiger partial charge < -0.3 is 10.3 Å². The van der Waals surface area contributed by atoms with Crippen molar-refractivity contribution in [3.05, 3.63) is 54.0 Å². The van der Waals surface area contributed by atoms with Gasteiger partial charge in [0.25, 0.3) is 5.91 Å². The predicted octanol–water partition coefficient (Wildman–Crippen LogP) is 1.78. The number of carbonyl (C=O) groups is 1. The van der Waals surface area contributed by atoms with Gasteiger partial charge in [-0.3, -0.25) is 4.79 Å². The lowest BCUT2D eigenvalue weighted by Gasteiger charge is -2.17. The first-order valence-electron chi connectivity index (χ1n) is 5.59. The van der Waals surface area contributed by atoms with Crippen molar-refractivity contribution in [2.45, 2.75) is 0 Å². The van der Waals surface area contributed by atoms with Crippen molar-refractivity contribution in [2.24, 2.45) is 5.84 Å². The minimum Gasteiger partial charge on any atom is -0.310 e. The number of halogens is 1. The van der Waals surface area contributed by atoms with Gasteiger partial charge in [-0.05, 0) is 30.3 Å². The molecule has 3 N–H and O–H groups in total. The van der Waals surface area contributed by atoms with Gasteiger partial charge in [0.1, 0.15) is 17.3 Å². The molecule has 0 aliphatic carbocycles. The number of nitrogens with zero attached hydrogens (tertiary/aromatic N) is 2. The van der Waals surface area contributed by atoms with Crippen molar-refractivity contribution >= 4 is 17.4 Å². The highest BCUT2D eigenvalue weighted by atomic mass is 19.1. The first kappa shape index (κ1) is 13.0. The van der Waals surface area contributed by atoms with Crippen LogP contribution in [0.1, 0.15) is 10.5 Å². The van der Waals surface area contributed by atoms with Crippen LogP contribution >= 0.6 is 0 Å². The summed E-state index contributed by atoms with van der Waals surface area (Å²) in [6.45, 7) is 0. The molecule has 2 aromatic rings. The SMILES string of the molecule is CN(C(=O)c1cccc(NN)n1)c1cccc(F)c1. The number of rotatable bonds is 3. The summed E-state index contributed by atoms with van der Waals surface area (Å²) in [5, 5.41) is 0. The molecular weight excluding hydrogens is 247 g/mol. The fraction of sp³-hybridized carbons (Fsp3) is 0.0769. The average molecular weight is 260 g/mol. The Morgan fingerprint density at radius 1 is 1.32 bits per heavy atom. The molecule has 98 valence electrons. The molecule has 0 spiro atoms. The first-order valence-corrected chi connectivity index (χ1v) is 5.59. The van der Waals surface area contributed by atoms with E-state index >= 15 is 0 Å². The van der Waals surface area contributed by atoms with Gasteiger partial charge in [-0.15, -0.1) is 0 Å². The van der Waals surface area contributed by atoms with Crippen LogP contribution in [0.5, 0.6) is 0 Å². The quantitative estimate of drug-likeness (QED) is 0.652. The zero-order valence-corrected chi connectivity index (χ0v) is 10.3. The van der Waals surface area contributed by atoms with E-state index < -0.39 is 5.82 Å². The van der Waals surface area contributed by atoms with E-state index in [1.165, 1.54) is 17.0 Å². The molecule has 0 atom stereocenters. The van der Waals surface area contributed by atoms with Crippen LogP contribution in [-0.2, 0) is 0 Å². The zero-order valence-electron chi connectivity index (χ0n) is 10.3. The van der Waals surface area contributed by atoms with Gasteiger partial charge in [0.15, 0.2) is 0 Å². The van der Waals surface area contributed by atoms with Gasteiger partial charge in [0, 0.05) is 12.7 Å². The van der Waals surface area contributed by atoms with Crippen molar-refractivity contribution in [3.63, 3.8) is 0 Å². The smallest absolute Gasteiger partial charge is 0.276 e. The third-order valence-electron chi connectivity index (χ3n) is 2.62. The maximum Gasteiger partial charge on any atom is 0.276 e. The standard InChI is InChI=1S/C13H13FN4O/c1-18(10-5-2-4-9(14)8-10)13(19)11-6-3-7-12(16-11)17-15/h2-8H,15H2,1H3,(H,16,17). The fourth-order valence-electron chi connectivity index (χ4n) is 1.61. The number of nitrogens with two attached hydrogens (primary N) is 1. The van der Waals surface area contributed by atoms with E-state index in [1.807, 2.05) is 0 Å². The number of hydrogen-bond donors (Lipinski definition) is 2. The lowest BCUT2D eigenvalue weighted by atomic mass is 10.2. The average Bonchev–Trinajstić information content (AvgIpc) is 2.45. The van der Waals surface area contributed by atoms with Gasteiger partial charge in [-0.1, -0.05) is 12.1 Å². The summed E-state index contributed by atoms with van der Waals surface area (Å²) in [7, 11) is 1.56. The Labute approximate surface area is 109 Å². The molecule has 1 aromatic heterocycles. The Hall–Kier alpha value is -2.47. The second kappa shape index (κ2) is 5.45. The Morgan fingerprint density at radius 3 is 2.74 bits per heavy atom. The summed E-state index contributed by atoms with van der Waals surface area (Å²) in [6, 6.07) is 10.7. The molecule has 0 saturated carbocycles. The fourth-order valence-corrected chi connectivity index (χ4v) is 1.61. The van der Waals surface area contributed by atoms with Crippen molar-refractivity contribution in [1.29, 1.82) is 0 Å². The summed E-state index contributed by atoms with van der Waals surface area (Å²) in [5.41, 5.74) is 3.05. The topological polar surface area (TPSA) is 71.2 Å². The summed E-state index contributed by atoms with van der Waals surface area (Å²) in [5.74, 6) is 4.88. The maximum atomic E-state index is 13.1. The number of nitrogen functional groups attached to an aromatic ring is 1. The van der Waals surface area contributed by atoms with E-state index in [2.05, 4.69) is 10.4 Å². The lowest BCUT2D eigenvalue weighted by molar-refractivity contribution is 0.0988. The summed E-state index contributed by atoms with van der Waals surface area (Å²) < 4.78 is 13.1. The first-order chi connectivity index (χ1) is 9.11. The number of hydrogen-bond acceptors (Lipinski definition) is 4. The molecular formula is C13H13FN4O. The summed E-state index contributed by atoms with van der Waals surface area (Å²) in [4.78, 5) is 17.6. The number of amides is 1. The van der Waals surface area contributed by atoms with Crippen LogP contribution < -0.4 is 16.2 Å². The zero-order chi connectivity index (χ0) is 13.8. The van der Waals surface area contributed by atoms with Gasteiger partial charge >= 0.3 is 0 Å². The van der Waals surface area contributed by atoms with Crippen LogP contribution in [0.4, 0.5) is 15.9 Å². The minimum absolute atomic E-state index is 0.224. The van der Waals surface area contributed by atoms with Crippen molar-refractivity contribution in [2.75, 3.05) is 17.4 Å². The molecule has 0 saturated heterocycles. The number of hydrazine groups is 1.